The molecule has 2 nitrogen and oxygen atoms in total. The number of thioether (sulfide) groups is 1. The highest BCUT2D eigenvalue weighted by Crippen LogP contribution is 2.27. The van der Waals surface area contributed by atoms with Crippen LogP contribution in [0.25, 0.3) is 0 Å². The van der Waals surface area contributed by atoms with Crippen LogP contribution in [0.5, 0.6) is 0 Å². The van der Waals surface area contributed by atoms with Gasteiger partial charge in [0.25, 0.3) is 5.24 Å². The highest BCUT2D eigenvalue weighted by Gasteiger charge is 2.17. The molecule has 0 saturated heterocycles. The predicted octanol–water partition coefficient (Wildman–Crippen LogP) is 2.07. The lowest BCUT2D eigenvalue weighted by Crippen LogP contribution is -1.94. The van der Waals surface area contributed by atoms with E-state index in [2.05, 4.69) is 4.57 Å². The first-order valence-corrected chi connectivity index (χ1v) is 4.78. The lowest BCUT2D eigenvalue weighted by Gasteiger charge is -1.93. The molecule has 58 valence electrons. The van der Waals surface area contributed by atoms with E-state index in [0.29, 0.717) is 5.56 Å². The number of hydrogen-bond donors (Lipinski definition) is 0. The maximum atomic E-state index is 10.8. The highest BCUT2D eigenvalue weighted by atomic mass is 35.5. The van der Waals surface area contributed by atoms with E-state index in [1.165, 1.54) is 0 Å². The maximum Gasteiger partial charge on any atom is 0.254 e. The van der Waals surface area contributed by atoms with Crippen molar-refractivity contribution in [1.29, 1.82) is 0 Å². The molecule has 2 rings (SSSR count). The van der Waals surface area contributed by atoms with Crippen LogP contribution in [0.2, 0.25) is 0 Å². The zero-order valence-electron chi connectivity index (χ0n) is 5.71. The van der Waals surface area contributed by atoms with Crippen LogP contribution in [0, 0.1) is 0 Å². The predicted molar refractivity (Wildman–Crippen MR) is 45.9 cm³/mol. The summed E-state index contributed by atoms with van der Waals surface area (Å²) in [7, 11) is 0. The third kappa shape index (κ3) is 1.08. The topological polar surface area (TPSA) is 22.0 Å². The second-order valence-electron chi connectivity index (χ2n) is 2.40. The van der Waals surface area contributed by atoms with E-state index < -0.39 is 0 Å². The van der Waals surface area contributed by atoms with Crippen LogP contribution >= 0.6 is 23.4 Å². The van der Waals surface area contributed by atoms with Crippen molar-refractivity contribution < 1.29 is 4.79 Å². The Morgan fingerprint density at radius 1 is 1.73 bits per heavy atom. The highest BCUT2D eigenvalue weighted by molar-refractivity contribution is 7.97. The van der Waals surface area contributed by atoms with Crippen molar-refractivity contribution in [3.05, 3.63) is 23.5 Å². The summed E-state index contributed by atoms with van der Waals surface area (Å²) in [5.41, 5.74) is 1.73. The molecule has 1 aromatic heterocycles. The van der Waals surface area contributed by atoms with Gasteiger partial charge < -0.3 is 4.57 Å². The second-order valence-corrected chi connectivity index (χ2v) is 3.70. The smallest absolute Gasteiger partial charge is 0.254 e. The van der Waals surface area contributed by atoms with Crippen LogP contribution in [0.3, 0.4) is 0 Å². The van der Waals surface area contributed by atoms with Crippen LogP contribution in [0.15, 0.2) is 12.3 Å². The number of rotatable bonds is 1. The Labute approximate surface area is 73.5 Å². The van der Waals surface area contributed by atoms with E-state index in [1.54, 1.807) is 17.8 Å². The normalized spacial score (nSPS) is 15.0. The fourth-order valence-electron chi connectivity index (χ4n) is 1.21. The van der Waals surface area contributed by atoms with Gasteiger partial charge in [-0.1, -0.05) is 0 Å². The lowest BCUT2D eigenvalue weighted by atomic mass is 10.3. The number of fused-ring (bicyclic) bond motifs is 1. The average Bonchev–Trinajstić information content (AvgIpc) is 2.41. The molecule has 0 radical (unpaired) electrons. The second kappa shape index (κ2) is 2.57. The minimum absolute atomic E-state index is 0.346. The van der Waals surface area contributed by atoms with Gasteiger partial charge in [-0.2, -0.15) is 0 Å². The molecule has 2 heterocycles. The van der Waals surface area contributed by atoms with Crippen molar-refractivity contribution in [2.24, 2.45) is 0 Å². The van der Waals surface area contributed by atoms with Gasteiger partial charge in [0.05, 0.1) is 11.4 Å². The average molecular weight is 188 g/mol. The minimum Gasteiger partial charge on any atom is -0.340 e. The summed E-state index contributed by atoms with van der Waals surface area (Å²) in [5, 5.41) is -0.346. The zero-order chi connectivity index (χ0) is 7.84. The van der Waals surface area contributed by atoms with Crippen LogP contribution in [-0.2, 0) is 11.6 Å². The molecule has 0 amide bonds. The van der Waals surface area contributed by atoms with E-state index in [1.807, 2.05) is 6.20 Å². The van der Waals surface area contributed by atoms with Crippen molar-refractivity contribution in [3.63, 3.8) is 0 Å². The Bertz CT molecular complexity index is 307. The molecular weight excluding hydrogens is 182 g/mol. The Kier molecular flexibility index (Phi) is 1.69. The summed E-state index contributed by atoms with van der Waals surface area (Å²) in [6, 6.07) is 1.78. The van der Waals surface area contributed by atoms with Crippen molar-refractivity contribution >= 4 is 28.6 Å². The number of carbonyl (C=O) groups is 1. The third-order valence-electron chi connectivity index (χ3n) is 1.76. The SMILES string of the molecule is O=C(Cl)c1ccn2c1CSC2. The molecule has 1 aromatic rings. The van der Waals surface area contributed by atoms with E-state index in [-0.39, 0.29) is 5.24 Å². The molecule has 0 aliphatic carbocycles. The van der Waals surface area contributed by atoms with E-state index in [4.69, 9.17) is 11.6 Å². The van der Waals surface area contributed by atoms with Crippen LogP contribution in [-0.4, -0.2) is 9.81 Å². The molecule has 0 N–H and O–H groups in total. The largest absolute Gasteiger partial charge is 0.340 e. The third-order valence-corrected chi connectivity index (χ3v) is 2.90. The van der Waals surface area contributed by atoms with Gasteiger partial charge in [0, 0.05) is 17.6 Å². The fourth-order valence-corrected chi connectivity index (χ4v) is 2.42. The molecule has 0 saturated carbocycles. The lowest BCUT2D eigenvalue weighted by molar-refractivity contribution is 0.108. The minimum atomic E-state index is -0.346. The molecule has 0 bridgehead atoms. The number of carbonyl (C=O) groups excluding carboxylic acids is 1. The van der Waals surface area contributed by atoms with Gasteiger partial charge in [0.2, 0.25) is 0 Å². The molecule has 0 unspecified atom stereocenters. The Morgan fingerprint density at radius 2 is 2.55 bits per heavy atom. The molecule has 0 fully saturated rings. The van der Waals surface area contributed by atoms with Crippen LogP contribution in [0.4, 0.5) is 0 Å². The number of halogens is 1. The summed E-state index contributed by atoms with van der Waals surface area (Å²) in [4.78, 5) is 10.8. The van der Waals surface area contributed by atoms with Crippen LogP contribution in [0.1, 0.15) is 16.1 Å². The Hall–Kier alpha value is -0.410. The molecular formula is C7H6ClNOS. The zero-order valence-corrected chi connectivity index (χ0v) is 7.28. The van der Waals surface area contributed by atoms with Gasteiger partial charge in [-0.3, -0.25) is 4.79 Å². The van der Waals surface area contributed by atoms with Crippen LogP contribution < -0.4 is 0 Å². The molecule has 4 heteroatoms. The Balaban J connectivity index is 2.50. The summed E-state index contributed by atoms with van der Waals surface area (Å²) in [6.45, 7) is 0. The summed E-state index contributed by atoms with van der Waals surface area (Å²) < 4.78 is 2.06. The van der Waals surface area contributed by atoms with Crippen molar-refractivity contribution in [1.82, 2.24) is 4.57 Å². The van der Waals surface area contributed by atoms with Crippen molar-refractivity contribution in [2.75, 3.05) is 0 Å². The molecule has 1 aliphatic heterocycles. The first-order chi connectivity index (χ1) is 5.29. The van der Waals surface area contributed by atoms with Gasteiger partial charge >= 0.3 is 0 Å². The van der Waals surface area contributed by atoms with E-state index >= 15 is 0 Å². The van der Waals surface area contributed by atoms with E-state index in [0.717, 1.165) is 17.3 Å². The number of hydrogen-bond acceptors (Lipinski definition) is 2. The summed E-state index contributed by atoms with van der Waals surface area (Å²) in [5.74, 6) is 1.85. The van der Waals surface area contributed by atoms with Gasteiger partial charge in [0.1, 0.15) is 0 Å². The fraction of sp³-hybridized carbons (Fsp3) is 0.286. The van der Waals surface area contributed by atoms with Crippen molar-refractivity contribution in [2.45, 2.75) is 11.6 Å². The summed E-state index contributed by atoms with van der Waals surface area (Å²) in [6.07, 6.45) is 1.91. The van der Waals surface area contributed by atoms with Gasteiger partial charge in [-0.25, -0.2) is 0 Å². The quantitative estimate of drug-likeness (QED) is 0.628. The monoisotopic (exact) mass is 187 g/mol. The van der Waals surface area contributed by atoms with E-state index in [9.17, 15) is 4.79 Å². The molecule has 0 aromatic carbocycles. The molecule has 1 aliphatic rings. The van der Waals surface area contributed by atoms with Gasteiger partial charge in [0.15, 0.2) is 0 Å². The summed E-state index contributed by atoms with van der Waals surface area (Å²) >= 11 is 7.16. The number of nitrogens with zero attached hydrogens (tertiary/aromatic N) is 1. The first kappa shape index (κ1) is 7.25. The Morgan fingerprint density at radius 3 is 3.27 bits per heavy atom. The van der Waals surface area contributed by atoms with Gasteiger partial charge in [-0.15, -0.1) is 11.8 Å². The van der Waals surface area contributed by atoms with Gasteiger partial charge in [-0.05, 0) is 17.7 Å². The molecule has 0 spiro atoms. The first-order valence-electron chi connectivity index (χ1n) is 3.24. The molecule has 0 atom stereocenters. The maximum absolute atomic E-state index is 10.8. The number of aromatic nitrogens is 1. The molecule has 11 heavy (non-hydrogen) atoms. The standard InChI is InChI=1S/C7H6ClNOS/c8-7(10)5-1-2-9-4-11-3-6(5)9/h1-2H,3-4H2. The van der Waals surface area contributed by atoms with Crippen molar-refractivity contribution in [3.8, 4) is 0 Å².